The summed E-state index contributed by atoms with van der Waals surface area (Å²) in [6.45, 7) is 2.45. The molecule has 0 aliphatic heterocycles. The number of hydrogen-bond donors (Lipinski definition) is 1. The van der Waals surface area contributed by atoms with Gasteiger partial charge in [-0.25, -0.2) is 0 Å². The number of hydrogen-bond acceptors (Lipinski definition) is 4. The molecule has 0 spiro atoms. The van der Waals surface area contributed by atoms with Gasteiger partial charge in [-0.3, -0.25) is 0 Å². The van der Waals surface area contributed by atoms with Gasteiger partial charge in [-0.2, -0.15) is 8.42 Å². The zero-order valence-corrected chi connectivity index (χ0v) is 7.99. The van der Waals surface area contributed by atoms with Gasteiger partial charge in [0.1, 0.15) is 11.5 Å². The number of rotatable bonds is 4. The lowest BCUT2D eigenvalue weighted by Gasteiger charge is -2.02. The van der Waals surface area contributed by atoms with Crippen molar-refractivity contribution in [1.82, 2.24) is 0 Å². The topological polar surface area (TPSA) is 52.6 Å². The average molecular weight is 202 g/mol. The van der Waals surface area contributed by atoms with E-state index in [2.05, 4.69) is 4.18 Å². The predicted octanol–water partition coefficient (Wildman–Crippen LogP) is 0.990. The van der Waals surface area contributed by atoms with Crippen LogP contribution in [0.1, 0.15) is 6.92 Å². The zero-order valence-electron chi connectivity index (χ0n) is 7.10. The highest BCUT2D eigenvalue weighted by atomic mass is 32.2. The predicted molar refractivity (Wildman–Crippen MR) is 48.6 cm³/mol. The van der Waals surface area contributed by atoms with Crippen molar-refractivity contribution in [1.29, 1.82) is 0 Å². The number of ether oxygens (including phenoxy) is 1. The Balaban J connectivity index is 2.69. The van der Waals surface area contributed by atoms with E-state index in [0.29, 0.717) is 18.1 Å². The Morgan fingerprint density at radius 3 is 2.15 bits per heavy atom. The van der Waals surface area contributed by atoms with Crippen molar-refractivity contribution in [2.75, 3.05) is 6.61 Å². The molecule has 0 N–H and O–H groups in total. The van der Waals surface area contributed by atoms with Crippen LogP contribution in [0.25, 0.3) is 0 Å². The summed E-state index contributed by atoms with van der Waals surface area (Å²) < 4.78 is 29.9. The summed E-state index contributed by atoms with van der Waals surface area (Å²) in [5.74, 6) is 0.982. The third kappa shape index (κ3) is 3.33. The summed E-state index contributed by atoms with van der Waals surface area (Å²) in [5.41, 5.74) is 0. The van der Waals surface area contributed by atoms with Gasteiger partial charge in [0.05, 0.1) is 6.61 Å². The highest BCUT2D eigenvalue weighted by Crippen LogP contribution is 2.17. The molecule has 0 atom stereocenters. The second-order valence-electron chi connectivity index (χ2n) is 2.22. The smallest absolute Gasteiger partial charge is 0.299 e. The molecule has 0 heterocycles. The maximum absolute atomic E-state index is 10.2. The van der Waals surface area contributed by atoms with Crippen molar-refractivity contribution in [3.8, 4) is 11.5 Å². The summed E-state index contributed by atoms with van der Waals surface area (Å²) >= 11 is 0. The molecule has 13 heavy (non-hydrogen) atoms. The van der Waals surface area contributed by atoms with Crippen LogP contribution in [0.4, 0.5) is 0 Å². The molecule has 0 fully saturated rings. The minimum atomic E-state index is -2.84. The summed E-state index contributed by atoms with van der Waals surface area (Å²) in [7, 11) is -2.84. The first-order chi connectivity index (χ1) is 6.22. The molecule has 0 unspecified atom stereocenters. The molecule has 72 valence electrons. The first-order valence-corrected chi connectivity index (χ1v) is 4.87. The molecule has 0 aromatic heterocycles. The monoisotopic (exact) mass is 202 g/mol. The third-order valence-electron chi connectivity index (χ3n) is 1.31. The van der Waals surface area contributed by atoms with Gasteiger partial charge >= 0.3 is 0 Å². The Bertz CT molecular complexity index is 321. The molecule has 0 saturated carbocycles. The molecular weight excluding hydrogens is 192 g/mol. The second-order valence-corrected chi connectivity index (χ2v) is 2.85. The fraction of sp³-hybridized carbons (Fsp3) is 0.250. The molecule has 1 aromatic carbocycles. The van der Waals surface area contributed by atoms with Crippen LogP contribution in [0.15, 0.2) is 24.3 Å². The van der Waals surface area contributed by atoms with Gasteiger partial charge in [-0.05, 0) is 31.2 Å². The van der Waals surface area contributed by atoms with Crippen molar-refractivity contribution in [3.63, 3.8) is 0 Å². The molecule has 4 nitrogen and oxygen atoms in total. The largest absolute Gasteiger partial charge is 0.494 e. The SMILES string of the molecule is CCOc1ccc(O[SH](=O)=O)cc1. The lowest BCUT2D eigenvalue weighted by Crippen LogP contribution is -1.92. The third-order valence-corrected chi connectivity index (χ3v) is 1.67. The van der Waals surface area contributed by atoms with Gasteiger partial charge in [0.15, 0.2) is 0 Å². The molecule has 0 saturated heterocycles. The number of benzene rings is 1. The second kappa shape index (κ2) is 4.71. The van der Waals surface area contributed by atoms with Crippen LogP contribution in [-0.4, -0.2) is 15.0 Å². The van der Waals surface area contributed by atoms with Gasteiger partial charge in [-0.15, -0.1) is 0 Å². The Morgan fingerprint density at radius 2 is 1.69 bits per heavy atom. The van der Waals surface area contributed by atoms with Gasteiger partial charge in [0, 0.05) is 0 Å². The van der Waals surface area contributed by atoms with Gasteiger partial charge in [0.2, 0.25) is 0 Å². The van der Waals surface area contributed by atoms with Gasteiger partial charge < -0.3 is 8.92 Å². The lowest BCUT2D eigenvalue weighted by molar-refractivity contribution is 0.340. The van der Waals surface area contributed by atoms with Crippen molar-refractivity contribution < 1.29 is 17.3 Å². The van der Waals surface area contributed by atoms with Crippen LogP contribution >= 0.6 is 0 Å². The lowest BCUT2D eigenvalue weighted by atomic mass is 10.3. The molecule has 0 aliphatic rings. The first kappa shape index (κ1) is 9.85. The maximum Gasteiger partial charge on any atom is 0.299 e. The average Bonchev–Trinajstić information content (AvgIpc) is 2.08. The Hall–Kier alpha value is -1.23. The Labute approximate surface area is 78.3 Å². The van der Waals surface area contributed by atoms with E-state index in [1.54, 1.807) is 12.1 Å². The number of thiol groups is 1. The van der Waals surface area contributed by atoms with E-state index in [9.17, 15) is 8.42 Å². The summed E-state index contributed by atoms with van der Waals surface area (Å²) in [5, 5.41) is 0. The normalized spacial score (nSPS) is 10.0. The van der Waals surface area contributed by atoms with E-state index < -0.39 is 11.0 Å². The fourth-order valence-corrected chi connectivity index (χ4v) is 1.14. The van der Waals surface area contributed by atoms with Crippen LogP contribution in [0.3, 0.4) is 0 Å². The summed E-state index contributed by atoms with van der Waals surface area (Å²) in [6.07, 6.45) is 0. The van der Waals surface area contributed by atoms with E-state index in [4.69, 9.17) is 4.74 Å². The standard InChI is InChI=1S/C8H10O4S/c1-2-11-7-3-5-8(6-4-7)12-13(9)10/h3-6,13H,2H2,1H3. The molecule has 0 aliphatic carbocycles. The molecule has 0 bridgehead atoms. The fourth-order valence-electron chi connectivity index (χ4n) is 0.849. The Morgan fingerprint density at radius 1 is 1.15 bits per heavy atom. The summed E-state index contributed by atoms with van der Waals surface area (Å²) in [4.78, 5) is 0. The van der Waals surface area contributed by atoms with Crippen molar-refractivity contribution in [3.05, 3.63) is 24.3 Å². The van der Waals surface area contributed by atoms with E-state index in [1.807, 2.05) is 6.92 Å². The van der Waals surface area contributed by atoms with E-state index in [1.165, 1.54) is 12.1 Å². The molecular formula is C8H10O4S. The highest BCUT2D eigenvalue weighted by molar-refractivity contribution is 7.67. The van der Waals surface area contributed by atoms with Crippen LogP contribution < -0.4 is 8.92 Å². The van der Waals surface area contributed by atoms with Crippen molar-refractivity contribution in [2.45, 2.75) is 6.92 Å². The molecule has 0 amide bonds. The van der Waals surface area contributed by atoms with E-state index >= 15 is 0 Å². The zero-order chi connectivity index (χ0) is 9.68. The van der Waals surface area contributed by atoms with E-state index in [-0.39, 0.29) is 0 Å². The van der Waals surface area contributed by atoms with Gasteiger partial charge in [-0.1, -0.05) is 0 Å². The highest BCUT2D eigenvalue weighted by Gasteiger charge is 1.95. The maximum atomic E-state index is 10.2. The van der Waals surface area contributed by atoms with E-state index in [0.717, 1.165) is 0 Å². The molecule has 1 aromatic rings. The molecule has 0 radical (unpaired) electrons. The van der Waals surface area contributed by atoms with Crippen molar-refractivity contribution >= 4 is 11.0 Å². The van der Waals surface area contributed by atoms with Crippen molar-refractivity contribution in [2.24, 2.45) is 0 Å². The Kier molecular flexibility index (Phi) is 3.57. The molecule has 1 rings (SSSR count). The minimum absolute atomic E-state index is 0.291. The van der Waals surface area contributed by atoms with Crippen LogP contribution in [0, 0.1) is 0 Å². The first-order valence-electron chi connectivity index (χ1n) is 3.77. The minimum Gasteiger partial charge on any atom is -0.494 e. The van der Waals surface area contributed by atoms with Gasteiger partial charge in [0.25, 0.3) is 11.0 Å². The molecule has 5 heteroatoms. The summed E-state index contributed by atoms with van der Waals surface area (Å²) in [6, 6.07) is 6.38. The van der Waals surface area contributed by atoms with Crippen LogP contribution in [-0.2, 0) is 11.0 Å². The van der Waals surface area contributed by atoms with Crippen LogP contribution in [0.5, 0.6) is 11.5 Å². The van der Waals surface area contributed by atoms with Crippen LogP contribution in [0.2, 0.25) is 0 Å². The quantitative estimate of drug-likeness (QED) is 0.740.